The van der Waals surface area contributed by atoms with E-state index in [1.54, 1.807) is 31.2 Å². The first kappa shape index (κ1) is 19.4. The third-order valence-corrected chi connectivity index (χ3v) is 4.05. The largest absolute Gasteiger partial charge is 0.465 e. The number of Topliss-reactive ketones (excluding diaryl/α,β-unsaturated/α-hetero) is 1. The van der Waals surface area contributed by atoms with Gasteiger partial charge in [0, 0.05) is 5.56 Å². The molecule has 1 unspecified atom stereocenters. The number of ether oxygens (including phenoxy) is 1. The summed E-state index contributed by atoms with van der Waals surface area (Å²) in [6, 6.07) is 8.90. The first-order valence-electron chi connectivity index (χ1n) is 8.92. The van der Waals surface area contributed by atoms with Crippen LogP contribution in [0.15, 0.2) is 30.3 Å². The Morgan fingerprint density at radius 1 is 0.913 bits per heavy atom. The molecule has 0 aromatic heterocycles. The topological polar surface area (TPSA) is 43.4 Å². The zero-order chi connectivity index (χ0) is 16.9. The van der Waals surface area contributed by atoms with Gasteiger partial charge in [0.2, 0.25) is 0 Å². The lowest BCUT2D eigenvalue weighted by atomic mass is 10.00. The fourth-order valence-electron chi connectivity index (χ4n) is 2.49. The summed E-state index contributed by atoms with van der Waals surface area (Å²) < 4.78 is 5.23. The summed E-state index contributed by atoms with van der Waals surface area (Å²) in [6.07, 6.45) is 9.64. The first-order chi connectivity index (χ1) is 11.2. The van der Waals surface area contributed by atoms with Crippen molar-refractivity contribution in [1.82, 2.24) is 0 Å². The minimum absolute atomic E-state index is 0.175. The van der Waals surface area contributed by atoms with E-state index < -0.39 is 11.9 Å². The molecular weight excluding hydrogens is 288 g/mol. The van der Waals surface area contributed by atoms with Gasteiger partial charge in [-0.05, 0) is 13.3 Å². The maximum absolute atomic E-state index is 12.1. The Labute approximate surface area is 140 Å². The normalized spacial score (nSPS) is 11.9. The number of benzene rings is 1. The zero-order valence-corrected chi connectivity index (χ0v) is 14.6. The van der Waals surface area contributed by atoms with Crippen LogP contribution < -0.4 is 0 Å². The molecule has 3 nitrogen and oxygen atoms in total. The Morgan fingerprint density at radius 2 is 1.48 bits per heavy atom. The van der Waals surface area contributed by atoms with Crippen LogP contribution in [0.2, 0.25) is 0 Å². The van der Waals surface area contributed by atoms with E-state index in [-0.39, 0.29) is 5.78 Å². The van der Waals surface area contributed by atoms with E-state index in [2.05, 4.69) is 6.92 Å². The van der Waals surface area contributed by atoms with E-state index in [1.807, 2.05) is 6.07 Å². The summed E-state index contributed by atoms with van der Waals surface area (Å²) in [7, 11) is 0. The van der Waals surface area contributed by atoms with Gasteiger partial charge >= 0.3 is 5.97 Å². The molecule has 0 aliphatic heterocycles. The van der Waals surface area contributed by atoms with Gasteiger partial charge in [0.15, 0.2) is 5.78 Å². The van der Waals surface area contributed by atoms with Crippen LogP contribution in [-0.2, 0) is 9.53 Å². The number of unbranched alkanes of at least 4 members (excludes halogenated alkanes) is 7. The molecule has 1 atom stereocenters. The highest BCUT2D eigenvalue weighted by Crippen LogP contribution is 2.12. The van der Waals surface area contributed by atoms with E-state index in [4.69, 9.17) is 4.74 Å². The third kappa shape index (κ3) is 7.96. The lowest BCUT2D eigenvalue weighted by Crippen LogP contribution is -2.23. The molecule has 0 saturated carbocycles. The number of carbonyl (C=O) groups is 2. The highest BCUT2D eigenvalue weighted by Gasteiger charge is 2.23. The van der Waals surface area contributed by atoms with Crippen LogP contribution in [-0.4, -0.2) is 18.4 Å². The molecule has 0 aliphatic carbocycles. The molecule has 0 N–H and O–H groups in total. The molecule has 0 spiro atoms. The molecule has 0 bridgehead atoms. The van der Waals surface area contributed by atoms with Crippen molar-refractivity contribution >= 4 is 11.8 Å². The standard InChI is InChI=1S/C20H30O3/c1-3-4-5-6-7-8-9-13-16-23-20(22)17(2)19(21)18-14-11-10-12-15-18/h10-12,14-15,17H,3-9,13,16H2,1-2H3. The van der Waals surface area contributed by atoms with Gasteiger partial charge in [-0.15, -0.1) is 0 Å². The summed E-state index contributed by atoms with van der Waals surface area (Å²) in [5.41, 5.74) is 0.559. The van der Waals surface area contributed by atoms with Crippen molar-refractivity contribution in [3.63, 3.8) is 0 Å². The van der Waals surface area contributed by atoms with Gasteiger partial charge in [-0.25, -0.2) is 0 Å². The van der Waals surface area contributed by atoms with Crippen molar-refractivity contribution in [2.45, 2.75) is 65.2 Å². The molecule has 3 heteroatoms. The summed E-state index contributed by atoms with van der Waals surface area (Å²) in [5, 5.41) is 0. The van der Waals surface area contributed by atoms with E-state index in [0.717, 1.165) is 12.8 Å². The number of rotatable bonds is 12. The van der Waals surface area contributed by atoms with Crippen LogP contribution >= 0.6 is 0 Å². The predicted molar refractivity (Wildman–Crippen MR) is 93.5 cm³/mol. The zero-order valence-electron chi connectivity index (χ0n) is 14.6. The first-order valence-corrected chi connectivity index (χ1v) is 8.92. The van der Waals surface area contributed by atoms with Crippen molar-refractivity contribution in [2.75, 3.05) is 6.61 Å². The smallest absolute Gasteiger partial charge is 0.316 e. The molecule has 0 fully saturated rings. The Hall–Kier alpha value is -1.64. The fourth-order valence-corrected chi connectivity index (χ4v) is 2.49. The second-order valence-corrected chi connectivity index (χ2v) is 6.09. The lowest BCUT2D eigenvalue weighted by Gasteiger charge is -2.10. The fraction of sp³-hybridized carbons (Fsp3) is 0.600. The summed E-state index contributed by atoms with van der Waals surface area (Å²) in [4.78, 5) is 24.1. The van der Waals surface area contributed by atoms with Gasteiger partial charge in [0.05, 0.1) is 6.61 Å². The van der Waals surface area contributed by atoms with Gasteiger partial charge in [-0.2, -0.15) is 0 Å². The molecule has 1 rings (SSSR count). The maximum Gasteiger partial charge on any atom is 0.316 e. The maximum atomic E-state index is 12.1. The monoisotopic (exact) mass is 318 g/mol. The Morgan fingerprint density at radius 3 is 2.09 bits per heavy atom. The van der Waals surface area contributed by atoms with Crippen LogP contribution in [0.3, 0.4) is 0 Å². The predicted octanol–water partition coefficient (Wildman–Crippen LogP) is 5.19. The average Bonchev–Trinajstić information content (AvgIpc) is 2.59. The molecule has 0 saturated heterocycles. The number of ketones is 1. The van der Waals surface area contributed by atoms with Crippen LogP contribution in [0.25, 0.3) is 0 Å². The minimum Gasteiger partial charge on any atom is -0.465 e. The molecule has 0 radical (unpaired) electrons. The van der Waals surface area contributed by atoms with E-state index in [9.17, 15) is 9.59 Å². The van der Waals surface area contributed by atoms with Gasteiger partial charge in [0.25, 0.3) is 0 Å². The van der Waals surface area contributed by atoms with E-state index >= 15 is 0 Å². The second-order valence-electron chi connectivity index (χ2n) is 6.09. The van der Waals surface area contributed by atoms with Gasteiger partial charge in [-0.1, -0.05) is 82.2 Å². The van der Waals surface area contributed by atoms with Crippen molar-refractivity contribution in [1.29, 1.82) is 0 Å². The van der Waals surface area contributed by atoms with Crippen LogP contribution in [0.4, 0.5) is 0 Å². The highest BCUT2D eigenvalue weighted by molar-refractivity contribution is 6.08. The van der Waals surface area contributed by atoms with Crippen molar-refractivity contribution in [3.05, 3.63) is 35.9 Å². The third-order valence-electron chi connectivity index (χ3n) is 4.05. The number of esters is 1. The Kier molecular flexibility index (Phi) is 10.0. The van der Waals surface area contributed by atoms with Crippen LogP contribution in [0.5, 0.6) is 0 Å². The van der Waals surface area contributed by atoms with Crippen molar-refractivity contribution in [3.8, 4) is 0 Å². The minimum atomic E-state index is -0.730. The van der Waals surface area contributed by atoms with Crippen molar-refractivity contribution in [2.24, 2.45) is 5.92 Å². The molecule has 128 valence electrons. The number of hydrogen-bond acceptors (Lipinski definition) is 3. The van der Waals surface area contributed by atoms with Gasteiger partial charge in [-0.3, -0.25) is 9.59 Å². The quantitative estimate of drug-likeness (QED) is 0.230. The van der Waals surface area contributed by atoms with Crippen LogP contribution in [0.1, 0.15) is 75.6 Å². The van der Waals surface area contributed by atoms with E-state index in [0.29, 0.717) is 12.2 Å². The van der Waals surface area contributed by atoms with Gasteiger partial charge in [0.1, 0.15) is 5.92 Å². The lowest BCUT2D eigenvalue weighted by molar-refractivity contribution is -0.146. The van der Waals surface area contributed by atoms with E-state index in [1.165, 1.54) is 38.5 Å². The van der Waals surface area contributed by atoms with Gasteiger partial charge < -0.3 is 4.74 Å². The summed E-state index contributed by atoms with van der Waals surface area (Å²) in [5.74, 6) is -1.32. The average molecular weight is 318 g/mol. The second kappa shape index (κ2) is 11.9. The SMILES string of the molecule is CCCCCCCCCCOC(=O)C(C)C(=O)c1ccccc1. The molecule has 1 aromatic carbocycles. The molecule has 23 heavy (non-hydrogen) atoms. The Balaban J connectivity index is 2.13. The Bertz CT molecular complexity index is 453. The molecule has 0 amide bonds. The highest BCUT2D eigenvalue weighted by atomic mass is 16.5. The number of hydrogen-bond donors (Lipinski definition) is 0. The van der Waals surface area contributed by atoms with Crippen LogP contribution in [0, 0.1) is 5.92 Å². The molecule has 0 heterocycles. The summed E-state index contributed by atoms with van der Waals surface area (Å²) in [6.45, 7) is 4.25. The summed E-state index contributed by atoms with van der Waals surface area (Å²) >= 11 is 0. The molecule has 1 aromatic rings. The number of carbonyl (C=O) groups excluding carboxylic acids is 2. The van der Waals surface area contributed by atoms with Crippen molar-refractivity contribution < 1.29 is 14.3 Å². The molecule has 0 aliphatic rings. The molecular formula is C20H30O3.